The van der Waals surface area contributed by atoms with E-state index in [1.165, 1.54) is 29.2 Å². The van der Waals surface area contributed by atoms with Gasteiger partial charge in [0, 0.05) is 42.3 Å². The molecule has 2 aliphatic rings. The number of likely N-dealkylation sites (tertiary alicyclic amines) is 1. The van der Waals surface area contributed by atoms with E-state index in [9.17, 15) is 0 Å². The summed E-state index contributed by atoms with van der Waals surface area (Å²) in [6.07, 6.45) is 6.09. The van der Waals surface area contributed by atoms with E-state index in [0.29, 0.717) is 17.1 Å². The molecule has 178 valence electrons. The first-order valence-corrected chi connectivity index (χ1v) is 12.6. The number of fused-ring (bicyclic) bond motifs is 3. The third-order valence-corrected chi connectivity index (χ3v) is 6.81. The third-order valence-electron chi connectivity index (χ3n) is 6.70. The van der Waals surface area contributed by atoms with E-state index >= 15 is 0 Å². The summed E-state index contributed by atoms with van der Waals surface area (Å²) in [5.74, 6) is 0.960. The second kappa shape index (κ2) is 11.2. The number of nitrogens with zero attached hydrogens (tertiary/aromatic N) is 3. The zero-order valence-corrected chi connectivity index (χ0v) is 21.1. The minimum Gasteiger partial charge on any atom is -0.353 e. The van der Waals surface area contributed by atoms with Gasteiger partial charge >= 0.3 is 0 Å². The number of aliphatic imine (C=N–C) groups is 2. The SMILES string of the molecule is C=NC(=C(C)Cc1cccc2ccccc12)/C(=C\C(=C)Cl)C(=NCCC)N1CC2CCC(C1)N2. The molecular weight excluding hydrogens is 440 g/mol. The van der Waals surface area contributed by atoms with E-state index in [1.54, 1.807) is 0 Å². The molecule has 2 heterocycles. The lowest BCUT2D eigenvalue weighted by Gasteiger charge is -2.36. The number of halogens is 1. The fourth-order valence-electron chi connectivity index (χ4n) is 5.20. The minimum atomic E-state index is 0.469. The van der Waals surface area contributed by atoms with Crippen LogP contribution >= 0.6 is 11.6 Å². The van der Waals surface area contributed by atoms with Crippen molar-refractivity contribution in [3.05, 3.63) is 82.6 Å². The Morgan fingerprint density at radius 2 is 1.85 bits per heavy atom. The average molecular weight is 475 g/mol. The topological polar surface area (TPSA) is 40.0 Å². The van der Waals surface area contributed by atoms with Crippen LogP contribution in [0.2, 0.25) is 0 Å². The maximum absolute atomic E-state index is 6.36. The lowest BCUT2D eigenvalue weighted by atomic mass is 9.95. The molecule has 0 spiro atoms. The van der Waals surface area contributed by atoms with Crippen LogP contribution in [0.3, 0.4) is 0 Å². The molecule has 2 fully saturated rings. The van der Waals surface area contributed by atoms with Crippen LogP contribution in [-0.4, -0.2) is 49.2 Å². The van der Waals surface area contributed by atoms with Crippen molar-refractivity contribution in [1.29, 1.82) is 0 Å². The summed E-state index contributed by atoms with van der Waals surface area (Å²) in [6.45, 7) is 14.9. The van der Waals surface area contributed by atoms with Gasteiger partial charge in [-0.2, -0.15) is 0 Å². The van der Waals surface area contributed by atoms with Crippen molar-refractivity contribution in [3.63, 3.8) is 0 Å². The predicted octanol–water partition coefficient (Wildman–Crippen LogP) is 6.28. The van der Waals surface area contributed by atoms with Crippen LogP contribution in [0.15, 0.2) is 87.0 Å². The molecule has 0 aliphatic carbocycles. The lowest BCUT2D eigenvalue weighted by molar-refractivity contribution is 0.288. The quantitative estimate of drug-likeness (QED) is 0.278. The van der Waals surface area contributed by atoms with E-state index in [1.807, 2.05) is 6.08 Å². The molecule has 5 heteroatoms. The third kappa shape index (κ3) is 5.51. The van der Waals surface area contributed by atoms with Crippen molar-refractivity contribution in [2.24, 2.45) is 9.98 Å². The maximum atomic E-state index is 6.36. The Bertz CT molecular complexity index is 1140. The van der Waals surface area contributed by atoms with E-state index < -0.39 is 0 Å². The van der Waals surface area contributed by atoms with Crippen LogP contribution < -0.4 is 5.32 Å². The molecule has 1 N–H and O–H groups in total. The highest BCUT2D eigenvalue weighted by molar-refractivity contribution is 6.31. The summed E-state index contributed by atoms with van der Waals surface area (Å²) in [5, 5.41) is 6.69. The Morgan fingerprint density at radius 3 is 2.53 bits per heavy atom. The first-order valence-electron chi connectivity index (χ1n) is 12.3. The molecule has 0 saturated carbocycles. The lowest BCUT2D eigenvalue weighted by Crippen LogP contribution is -2.53. The molecule has 2 atom stereocenters. The summed E-state index contributed by atoms with van der Waals surface area (Å²) < 4.78 is 0. The molecule has 2 bridgehead atoms. The molecule has 4 rings (SSSR count). The van der Waals surface area contributed by atoms with Gasteiger partial charge in [0.1, 0.15) is 5.84 Å². The van der Waals surface area contributed by atoms with Crippen LogP contribution in [0.5, 0.6) is 0 Å². The van der Waals surface area contributed by atoms with Crippen molar-refractivity contribution >= 4 is 34.9 Å². The van der Waals surface area contributed by atoms with E-state index in [4.69, 9.17) is 16.6 Å². The van der Waals surface area contributed by atoms with Crippen LogP contribution in [0.4, 0.5) is 0 Å². The molecule has 2 saturated heterocycles. The van der Waals surface area contributed by atoms with Gasteiger partial charge in [-0.05, 0) is 67.3 Å². The average Bonchev–Trinajstić information content (AvgIpc) is 3.17. The van der Waals surface area contributed by atoms with Gasteiger partial charge in [-0.15, -0.1) is 0 Å². The Kier molecular flexibility index (Phi) is 8.02. The van der Waals surface area contributed by atoms with Crippen molar-refractivity contribution in [1.82, 2.24) is 10.2 Å². The van der Waals surface area contributed by atoms with Gasteiger partial charge in [-0.1, -0.05) is 67.6 Å². The van der Waals surface area contributed by atoms with Gasteiger partial charge < -0.3 is 10.2 Å². The fraction of sp³-hybridized carbons (Fsp3) is 0.379. The molecular formula is C29H35ClN4. The summed E-state index contributed by atoms with van der Waals surface area (Å²) in [6, 6.07) is 16.0. The Morgan fingerprint density at radius 1 is 1.15 bits per heavy atom. The Hall–Kier alpha value is -2.69. The molecule has 2 aromatic carbocycles. The van der Waals surface area contributed by atoms with E-state index in [-0.39, 0.29) is 0 Å². The highest BCUT2D eigenvalue weighted by atomic mass is 35.5. The minimum absolute atomic E-state index is 0.469. The van der Waals surface area contributed by atoms with E-state index in [2.05, 4.69) is 84.8 Å². The zero-order valence-electron chi connectivity index (χ0n) is 20.4. The van der Waals surface area contributed by atoms with Crippen LogP contribution in [0.1, 0.15) is 38.7 Å². The highest BCUT2D eigenvalue weighted by Gasteiger charge is 2.35. The summed E-state index contributed by atoms with van der Waals surface area (Å²) in [7, 11) is 0. The number of nitrogens with one attached hydrogen (secondary N) is 1. The first-order chi connectivity index (χ1) is 16.5. The zero-order chi connectivity index (χ0) is 24.1. The highest BCUT2D eigenvalue weighted by Crippen LogP contribution is 2.29. The standard InChI is InChI=1S/C29H35ClN4/c1-5-15-32-29(34-18-24-13-14-25(19-34)33-24)27(17-21(3)30)28(31-4)20(2)16-23-11-8-10-22-9-6-7-12-26(22)23/h6-12,17,24-25,33H,3-5,13-16,18-19H2,1-2H3/b27-17+,28-20?,32-29?. The van der Waals surface area contributed by atoms with Gasteiger partial charge in [-0.3, -0.25) is 9.98 Å². The van der Waals surface area contributed by atoms with Crippen LogP contribution in [-0.2, 0) is 6.42 Å². The van der Waals surface area contributed by atoms with Crippen LogP contribution in [0, 0.1) is 0 Å². The summed E-state index contributed by atoms with van der Waals surface area (Å²) >= 11 is 6.36. The van der Waals surface area contributed by atoms with Crippen LogP contribution in [0.25, 0.3) is 10.8 Å². The van der Waals surface area contributed by atoms with Gasteiger partial charge in [-0.25, -0.2) is 0 Å². The monoisotopic (exact) mass is 474 g/mol. The number of hydrogen-bond acceptors (Lipinski definition) is 3. The maximum Gasteiger partial charge on any atom is 0.133 e. The number of allylic oxidation sites excluding steroid dienone is 3. The van der Waals surface area contributed by atoms with Crippen molar-refractivity contribution in [3.8, 4) is 0 Å². The second-order valence-corrected chi connectivity index (χ2v) is 9.84. The van der Waals surface area contributed by atoms with Crippen molar-refractivity contribution in [2.75, 3.05) is 19.6 Å². The van der Waals surface area contributed by atoms with E-state index in [0.717, 1.165) is 55.2 Å². The molecule has 2 unspecified atom stereocenters. The first kappa shape index (κ1) is 24.4. The number of piperazine rings is 1. The fourth-order valence-corrected chi connectivity index (χ4v) is 5.31. The van der Waals surface area contributed by atoms with Gasteiger partial charge in [0.15, 0.2) is 0 Å². The van der Waals surface area contributed by atoms with Crippen molar-refractivity contribution in [2.45, 2.75) is 51.6 Å². The molecule has 2 aliphatic heterocycles. The Labute approximate surface area is 208 Å². The normalized spacial score (nSPS) is 21.6. The molecule has 4 nitrogen and oxygen atoms in total. The molecule has 0 radical (unpaired) electrons. The summed E-state index contributed by atoms with van der Waals surface area (Å²) in [5.41, 5.74) is 4.17. The van der Waals surface area contributed by atoms with Crippen molar-refractivity contribution < 1.29 is 0 Å². The number of hydrogen-bond donors (Lipinski definition) is 1. The predicted molar refractivity (Wildman–Crippen MR) is 147 cm³/mol. The number of benzene rings is 2. The number of rotatable bonds is 8. The summed E-state index contributed by atoms with van der Waals surface area (Å²) in [4.78, 5) is 12.0. The molecule has 0 aromatic heterocycles. The second-order valence-electron chi connectivity index (χ2n) is 9.36. The Balaban J connectivity index is 1.76. The van der Waals surface area contributed by atoms with Gasteiger partial charge in [0.25, 0.3) is 0 Å². The largest absolute Gasteiger partial charge is 0.353 e. The number of amidine groups is 1. The molecule has 0 amide bonds. The molecule has 34 heavy (non-hydrogen) atoms. The van der Waals surface area contributed by atoms with Gasteiger partial charge in [0.2, 0.25) is 0 Å². The smallest absolute Gasteiger partial charge is 0.133 e. The van der Waals surface area contributed by atoms with Gasteiger partial charge in [0.05, 0.1) is 5.70 Å². The molecule has 2 aromatic rings.